The molecule has 1 amide bonds. The Kier molecular flexibility index (Phi) is 5.30. The Hall–Kier alpha value is -3.93. The molecule has 1 heterocycles. The minimum Gasteiger partial charge on any atom is -0.452 e. The van der Waals surface area contributed by atoms with Crippen LogP contribution in [-0.4, -0.2) is 28.5 Å². The molecule has 0 fully saturated rings. The van der Waals surface area contributed by atoms with E-state index in [-0.39, 0.29) is 6.61 Å². The van der Waals surface area contributed by atoms with Gasteiger partial charge in [-0.05, 0) is 55.3 Å². The van der Waals surface area contributed by atoms with Crippen LogP contribution in [0, 0.1) is 13.8 Å². The molecule has 6 nitrogen and oxygen atoms in total. The molecule has 0 atom stereocenters. The van der Waals surface area contributed by atoms with Crippen molar-refractivity contribution in [3.8, 4) is 11.4 Å². The first-order valence-corrected chi connectivity index (χ1v) is 9.59. The second-order valence-corrected chi connectivity index (χ2v) is 7.07. The van der Waals surface area contributed by atoms with Gasteiger partial charge in [0.25, 0.3) is 5.91 Å². The molecular weight excluding hydrogens is 378 g/mol. The van der Waals surface area contributed by atoms with Gasteiger partial charge in [0.1, 0.15) is 5.82 Å². The normalized spacial score (nSPS) is 10.7. The monoisotopic (exact) mass is 399 g/mol. The van der Waals surface area contributed by atoms with E-state index >= 15 is 0 Å². The van der Waals surface area contributed by atoms with Gasteiger partial charge < -0.3 is 15.0 Å². The number of carbonyl (C=O) groups is 2. The van der Waals surface area contributed by atoms with E-state index in [4.69, 9.17) is 4.74 Å². The van der Waals surface area contributed by atoms with Crippen molar-refractivity contribution in [1.29, 1.82) is 0 Å². The molecule has 0 spiro atoms. The molecule has 0 unspecified atom stereocenters. The number of para-hydroxylation sites is 2. The molecule has 1 aromatic heterocycles. The lowest BCUT2D eigenvalue weighted by Gasteiger charge is -2.10. The van der Waals surface area contributed by atoms with E-state index in [1.807, 2.05) is 62.4 Å². The highest BCUT2D eigenvalue weighted by atomic mass is 16.5. The van der Waals surface area contributed by atoms with E-state index in [0.717, 1.165) is 22.2 Å². The van der Waals surface area contributed by atoms with E-state index in [1.54, 1.807) is 18.2 Å². The zero-order chi connectivity index (χ0) is 21.1. The highest BCUT2D eigenvalue weighted by Gasteiger charge is 2.17. The van der Waals surface area contributed by atoms with Gasteiger partial charge in [0.15, 0.2) is 6.61 Å². The molecule has 4 aromatic rings. The third kappa shape index (κ3) is 4.07. The maximum Gasteiger partial charge on any atom is 0.339 e. The number of imidazole rings is 1. The van der Waals surface area contributed by atoms with Gasteiger partial charge in [0, 0.05) is 11.3 Å². The minimum absolute atomic E-state index is 0.343. The summed E-state index contributed by atoms with van der Waals surface area (Å²) >= 11 is 0. The fourth-order valence-corrected chi connectivity index (χ4v) is 3.17. The standard InChI is InChI=1S/C24H21N3O3/c1-15-11-12-17(13-16(15)2)25-22(28)14-30-24(29)19-8-4-3-7-18(19)23-26-20-9-5-6-10-21(20)27-23/h3-13H,14H2,1-2H3,(H,25,28)(H,26,27). The van der Waals surface area contributed by atoms with E-state index in [1.165, 1.54) is 0 Å². The number of hydrogen-bond acceptors (Lipinski definition) is 4. The van der Waals surface area contributed by atoms with E-state index in [0.29, 0.717) is 22.6 Å². The quantitative estimate of drug-likeness (QED) is 0.479. The molecule has 0 aliphatic heterocycles. The zero-order valence-corrected chi connectivity index (χ0v) is 16.7. The summed E-state index contributed by atoms with van der Waals surface area (Å²) < 4.78 is 5.26. The van der Waals surface area contributed by atoms with Crippen molar-refractivity contribution in [2.45, 2.75) is 13.8 Å². The largest absolute Gasteiger partial charge is 0.452 e. The summed E-state index contributed by atoms with van der Waals surface area (Å²) in [5.74, 6) is -0.405. The maximum absolute atomic E-state index is 12.7. The van der Waals surface area contributed by atoms with E-state index in [2.05, 4.69) is 15.3 Å². The molecule has 2 N–H and O–H groups in total. The number of aromatic amines is 1. The lowest BCUT2D eigenvalue weighted by atomic mass is 10.1. The number of nitrogens with zero attached hydrogens (tertiary/aromatic N) is 1. The van der Waals surface area contributed by atoms with Crippen LogP contribution in [-0.2, 0) is 9.53 Å². The molecule has 0 saturated carbocycles. The number of aryl methyl sites for hydroxylation is 2. The van der Waals surface area contributed by atoms with Crippen molar-refractivity contribution in [3.05, 3.63) is 83.4 Å². The molecular formula is C24H21N3O3. The summed E-state index contributed by atoms with van der Waals surface area (Å²) in [6.07, 6.45) is 0. The first-order chi connectivity index (χ1) is 14.5. The minimum atomic E-state index is -0.582. The van der Waals surface area contributed by atoms with Crippen LogP contribution in [0.1, 0.15) is 21.5 Å². The Morgan fingerprint density at radius 3 is 2.53 bits per heavy atom. The first kappa shape index (κ1) is 19.4. The van der Waals surface area contributed by atoms with Gasteiger partial charge in [0.05, 0.1) is 16.6 Å². The van der Waals surface area contributed by atoms with Gasteiger partial charge in [-0.3, -0.25) is 4.79 Å². The van der Waals surface area contributed by atoms with Crippen molar-refractivity contribution >= 4 is 28.6 Å². The zero-order valence-electron chi connectivity index (χ0n) is 16.7. The highest BCUT2D eigenvalue weighted by molar-refractivity contribution is 5.99. The van der Waals surface area contributed by atoms with Crippen LogP contribution in [0.5, 0.6) is 0 Å². The first-order valence-electron chi connectivity index (χ1n) is 9.59. The van der Waals surface area contributed by atoms with Crippen molar-refractivity contribution in [1.82, 2.24) is 9.97 Å². The summed E-state index contributed by atoms with van der Waals surface area (Å²) in [5, 5.41) is 2.75. The molecule has 6 heteroatoms. The third-order valence-electron chi connectivity index (χ3n) is 4.92. The van der Waals surface area contributed by atoms with Crippen LogP contribution >= 0.6 is 0 Å². The van der Waals surface area contributed by atoms with Crippen LogP contribution in [0.15, 0.2) is 66.7 Å². The number of aromatic nitrogens is 2. The summed E-state index contributed by atoms with van der Waals surface area (Å²) in [5.41, 5.74) is 5.53. The number of amides is 1. The Labute approximate surface area is 173 Å². The lowest BCUT2D eigenvalue weighted by molar-refractivity contribution is -0.119. The number of ether oxygens (including phenoxy) is 1. The summed E-state index contributed by atoms with van der Waals surface area (Å²) in [4.78, 5) is 32.6. The maximum atomic E-state index is 12.7. The van der Waals surface area contributed by atoms with Gasteiger partial charge in [-0.2, -0.15) is 0 Å². The second-order valence-electron chi connectivity index (χ2n) is 7.07. The van der Waals surface area contributed by atoms with Crippen LogP contribution in [0.4, 0.5) is 5.69 Å². The molecule has 3 aromatic carbocycles. The van der Waals surface area contributed by atoms with Crippen LogP contribution in [0.2, 0.25) is 0 Å². The molecule has 0 aliphatic carbocycles. The number of benzene rings is 3. The Balaban J connectivity index is 1.47. The Morgan fingerprint density at radius 2 is 1.73 bits per heavy atom. The van der Waals surface area contributed by atoms with Gasteiger partial charge in [-0.15, -0.1) is 0 Å². The summed E-state index contributed by atoms with van der Waals surface area (Å²) in [6, 6.07) is 20.3. The predicted octanol–water partition coefficient (Wildman–Crippen LogP) is 4.64. The predicted molar refractivity (Wildman–Crippen MR) is 116 cm³/mol. The number of hydrogen-bond donors (Lipinski definition) is 2. The topological polar surface area (TPSA) is 84.1 Å². The van der Waals surface area contributed by atoms with Crippen LogP contribution in [0.25, 0.3) is 22.4 Å². The van der Waals surface area contributed by atoms with E-state index < -0.39 is 11.9 Å². The van der Waals surface area contributed by atoms with Crippen molar-refractivity contribution in [3.63, 3.8) is 0 Å². The average molecular weight is 399 g/mol. The van der Waals surface area contributed by atoms with Crippen molar-refractivity contribution in [2.75, 3.05) is 11.9 Å². The molecule has 30 heavy (non-hydrogen) atoms. The van der Waals surface area contributed by atoms with Gasteiger partial charge >= 0.3 is 5.97 Å². The molecule has 0 bridgehead atoms. The number of anilines is 1. The van der Waals surface area contributed by atoms with Crippen LogP contribution in [0.3, 0.4) is 0 Å². The molecule has 150 valence electrons. The highest BCUT2D eigenvalue weighted by Crippen LogP contribution is 2.24. The number of esters is 1. The number of fused-ring (bicyclic) bond motifs is 1. The summed E-state index contributed by atoms with van der Waals surface area (Å²) in [6.45, 7) is 3.60. The van der Waals surface area contributed by atoms with Crippen molar-refractivity contribution in [2.24, 2.45) is 0 Å². The fourth-order valence-electron chi connectivity index (χ4n) is 3.17. The number of nitrogens with one attached hydrogen (secondary N) is 2. The molecule has 4 rings (SSSR count). The van der Waals surface area contributed by atoms with Gasteiger partial charge in [-0.25, -0.2) is 9.78 Å². The SMILES string of the molecule is Cc1ccc(NC(=O)COC(=O)c2ccccc2-c2nc3ccccc3[nH]2)cc1C. The van der Waals surface area contributed by atoms with Gasteiger partial charge in [-0.1, -0.05) is 36.4 Å². The number of carbonyl (C=O) groups excluding carboxylic acids is 2. The smallest absolute Gasteiger partial charge is 0.339 e. The fraction of sp³-hybridized carbons (Fsp3) is 0.125. The number of rotatable bonds is 5. The molecule has 0 aliphatic rings. The Morgan fingerprint density at radius 1 is 0.967 bits per heavy atom. The van der Waals surface area contributed by atoms with E-state index in [9.17, 15) is 9.59 Å². The van der Waals surface area contributed by atoms with Crippen LogP contribution < -0.4 is 5.32 Å². The lowest BCUT2D eigenvalue weighted by Crippen LogP contribution is -2.21. The second kappa shape index (κ2) is 8.21. The average Bonchev–Trinajstić information content (AvgIpc) is 3.19. The van der Waals surface area contributed by atoms with Crippen molar-refractivity contribution < 1.29 is 14.3 Å². The van der Waals surface area contributed by atoms with Gasteiger partial charge in [0.2, 0.25) is 0 Å². The number of H-pyrrole nitrogens is 1. The summed E-state index contributed by atoms with van der Waals surface area (Å²) in [7, 11) is 0. The Bertz CT molecular complexity index is 1210. The molecule has 0 radical (unpaired) electrons. The third-order valence-corrected chi connectivity index (χ3v) is 4.92. The molecule has 0 saturated heterocycles.